The molecule has 0 aliphatic heterocycles. The molecule has 6 heteroatoms. The van der Waals surface area contributed by atoms with Crippen molar-refractivity contribution in [3.05, 3.63) is 64.2 Å². The van der Waals surface area contributed by atoms with E-state index in [1.807, 2.05) is 36.4 Å². The lowest BCUT2D eigenvalue weighted by Crippen LogP contribution is -2.34. The van der Waals surface area contributed by atoms with Crippen LogP contribution in [0.15, 0.2) is 42.5 Å². The zero-order valence-electron chi connectivity index (χ0n) is 13.8. The molecule has 0 aromatic heterocycles. The van der Waals surface area contributed by atoms with Gasteiger partial charge in [-0.3, -0.25) is 4.79 Å². The van der Waals surface area contributed by atoms with E-state index in [9.17, 15) is 4.79 Å². The number of nitrogens with two attached hydrogens (primary N) is 2. The molecule has 0 bridgehead atoms. The Morgan fingerprint density at radius 2 is 2.00 bits per heavy atom. The number of benzene rings is 2. The lowest BCUT2D eigenvalue weighted by molar-refractivity contribution is -0.119. The maximum atomic E-state index is 10.9. The van der Waals surface area contributed by atoms with Gasteiger partial charge in [-0.15, -0.1) is 12.4 Å². The third-order valence-corrected chi connectivity index (χ3v) is 4.93. The smallest absolute Gasteiger partial charge is 0.255 e. The fourth-order valence-corrected chi connectivity index (χ4v) is 3.52. The Kier molecular flexibility index (Phi) is 6.71. The van der Waals surface area contributed by atoms with Crippen LogP contribution in [0.4, 0.5) is 0 Å². The van der Waals surface area contributed by atoms with E-state index >= 15 is 0 Å². The van der Waals surface area contributed by atoms with Crippen molar-refractivity contribution >= 4 is 29.9 Å². The van der Waals surface area contributed by atoms with Gasteiger partial charge in [-0.05, 0) is 54.2 Å². The first-order valence-electron chi connectivity index (χ1n) is 8.07. The highest BCUT2D eigenvalue weighted by molar-refractivity contribution is 6.31. The summed E-state index contributed by atoms with van der Waals surface area (Å²) in [6.07, 6.45) is 2.68. The van der Waals surface area contributed by atoms with E-state index in [0.717, 1.165) is 29.8 Å². The number of primary amides is 1. The van der Waals surface area contributed by atoms with Crippen LogP contribution in [-0.2, 0) is 17.6 Å². The van der Waals surface area contributed by atoms with Gasteiger partial charge in [0.1, 0.15) is 5.75 Å². The second-order valence-corrected chi connectivity index (χ2v) is 6.63. The van der Waals surface area contributed by atoms with Crippen molar-refractivity contribution in [2.24, 2.45) is 11.5 Å². The minimum atomic E-state index is -0.489. The van der Waals surface area contributed by atoms with Crippen LogP contribution >= 0.6 is 24.0 Å². The van der Waals surface area contributed by atoms with Crippen molar-refractivity contribution in [2.75, 3.05) is 6.61 Å². The van der Waals surface area contributed by atoms with Gasteiger partial charge in [0.25, 0.3) is 5.91 Å². The van der Waals surface area contributed by atoms with E-state index in [4.69, 9.17) is 27.8 Å². The molecule has 134 valence electrons. The number of amides is 1. The molecule has 1 amide bonds. The van der Waals surface area contributed by atoms with E-state index in [-0.39, 0.29) is 31.0 Å². The predicted molar refractivity (Wildman–Crippen MR) is 103 cm³/mol. The largest absolute Gasteiger partial charge is 0.484 e. The van der Waals surface area contributed by atoms with Crippen molar-refractivity contribution in [3.63, 3.8) is 0 Å². The Labute approximate surface area is 158 Å². The van der Waals surface area contributed by atoms with Crippen molar-refractivity contribution in [3.8, 4) is 5.75 Å². The molecule has 2 unspecified atom stereocenters. The minimum absolute atomic E-state index is 0. The van der Waals surface area contributed by atoms with Crippen LogP contribution in [0.2, 0.25) is 5.02 Å². The zero-order chi connectivity index (χ0) is 17.1. The lowest BCUT2D eigenvalue weighted by Gasteiger charge is -2.32. The van der Waals surface area contributed by atoms with Crippen LogP contribution in [0.3, 0.4) is 0 Å². The molecule has 0 fully saturated rings. The number of halogens is 2. The van der Waals surface area contributed by atoms with E-state index in [1.54, 1.807) is 0 Å². The zero-order valence-corrected chi connectivity index (χ0v) is 15.4. The summed E-state index contributed by atoms with van der Waals surface area (Å²) in [5.41, 5.74) is 15.1. The molecule has 0 radical (unpaired) electrons. The second kappa shape index (κ2) is 8.56. The van der Waals surface area contributed by atoms with Gasteiger partial charge in [-0.2, -0.15) is 0 Å². The van der Waals surface area contributed by atoms with Gasteiger partial charge in [0.2, 0.25) is 0 Å². The molecular formula is C19H22Cl2N2O2. The Balaban J connectivity index is 0.00000225. The average Bonchev–Trinajstić information content (AvgIpc) is 2.57. The topological polar surface area (TPSA) is 78.3 Å². The Morgan fingerprint density at radius 3 is 2.72 bits per heavy atom. The number of ether oxygens (including phenoxy) is 1. The summed E-state index contributed by atoms with van der Waals surface area (Å²) in [7, 11) is 0. The monoisotopic (exact) mass is 380 g/mol. The Bertz CT molecular complexity index is 752. The van der Waals surface area contributed by atoms with Gasteiger partial charge in [-0.1, -0.05) is 35.9 Å². The summed E-state index contributed by atoms with van der Waals surface area (Å²) >= 11 is 6.32. The molecule has 3 rings (SSSR count). The number of aryl methyl sites for hydroxylation is 1. The maximum Gasteiger partial charge on any atom is 0.255 e. The van der Waals surface area contributed by atoms with Crippen LogP contribution < -0.4 is 16.2 Å². The highest BCUT2D eigenvalue weighted by Crippen LogP contribution is 2.36. The van der Waals surface area contributed by atoms with Crippen LogP contribution in [0.25, 0.3) is 0 Å². The average molecular weight is 381 g/mol. The highest BCUT2D eigenvalue weighted by Gasteiger charge is 2.28. The van der Waals surface area contributed by atoms with E-state index in [0.29, 0.717) is 5.75 Å². The van der Waals surface area contributed by atoms with Crippen molar-refractivity contribution < 1.29 is 9.53 Å². The fourth-order valence-electron chi connectivity index (χ4n) is 3.31. The molecule has 25 heavy (non-hydrogen) atoms. The maximum absolute atomic E-state index is 10.9. The van der Waals surface area contributed by atoms with Gasteiger partial charge >= 0.3 is 0 Å². The van der Waals surface area contributed by atoms with Crippen LogP contribution in [0.5, 0.6) is 5.75 Å². The molecular weight excluding hydrogens is 359 g/mol. The van der Waals surface area contributed by atoms with Crippen LogP contribution in [0, 0.1) is 0 Å². The number of fused-ring (bicyclic) bond motifs is 1. The summed E-state index contributed by atoms with van der Waals surface area (Å²) in [5.74, 6) is 0.327. The van der Waals surface area contributed by atoms with E-state index < -0.39 is 5.91 Å². The molecule has 0 heterocycles. The summed E-state index contributed by atoms with van der Waals surface area (Å²) in [6, 6.07) is 13.8. The molecule has 4 N–H and O–H groups in total. The van der Waals surface area contributed by atoms with Gasteiger partial charge in [0.05, 0.1) is 0 Å². The summed E-state index contributed by atoms with van der Waals surface area (Å²) in [5, 5.41) is 0.762. The predicted octanol–water partition coefficient (Wildman–Crippen LogP) is 3.23. The first kappa shape index (κ1) is 19.6. The molecule has 1 aliphatic rings. The van der Waals surface area contributed by atoms with Crippen molar-refractivity contribution in [2.45, 2.75) is 31.2 Å². The normalized spacial score (nSPS) is 18.8. The van der Waals surface area contributed by atoms with E-state index in [1.165, 1.54) is 11.1 Å². The SMILES string of the molecule is Cl.NC(=O)COc1ccc2c(c1)C(Cc1ccccc1Cl)C(N)CC2. The molecule has 1 aliphatic carbocycles. The molecule has 0 spiro atoms. The van der Waals surface area contributed by atoms with Gasteiger partial charge in [0.15, 0.2) is 6.61 Å². The standard InChI is InChI=1S/C19H21ClN2O2.ClH/c20-17-4-2-1-3-13(17)9-16-15-10-14(24-11-19(22)23)7-5-12(15)6-8-18(16)21;/h1-5,7,10,16,18H,6,8-9,11,21H2,(H2,22,23);1H. The Morgan fingerprint density at radius 1 is 1.24 bits per heavy atom. The van der Waals surface area contributed by atoms with Crippen LogP contribution in [0.1, 0.15) is 29.0 Å². The second-order valence-electron chi connectivity index (χ2n) is 6.22. The minimum Gasteiger partial charge on any atom is -0.484 e. The number of carbonyl (C=O) groups is 1. The third-order valence-electron chi connectivity index (χ3n) is 4.56. The molecule has 2 atom stereocenters. The molecule has 0 saturated carbocycles. The summed E-state index contributed by atoms with van der Waals surface area (Å²) in [4.78, 5) is 10.9. The van der Waals surface area contributed by atoms with Crippen molar-refractivity contribution in [1.29, 1.82) is 0 Å². The number of hydrogen-bond donors (Lipinski definition) is 2. The van der Waals surface area contributed by atoms with Gasteiger partial charge in [-0.25, -0.2) is 0 Å². The van der Waals surface area contributed by atoms with Gasteiger partial charge in [0, 0.05) is 17.0 Å². The van der Waals surface area contributed by atoms with Gasteiger partial charge < -0.3 is 16.2 Å². The number of rotatable bonds is 5. The molecule has 4 nitrogen and oxygen atoms in total. The summed E-state index contributed by atoms with van der Waals surface area (Å²) < 4.78 is 5.45. The molecule has 2 aromatic rings. The fraction of sp³-hybridized carbons (Fsp3) is 0.316. The first-order chi connectivity index (χ1) is 11.5. The highest BCUT2D eigenvalue weighted by atomic mass is 35.5. The quantitative estimate of drug-likeness (QED) is 0.835. The molecule has 2 aromatic carbocycles. The third kappa shape index (κ3) is 4.66. The molecule has 0 saturated heterocycles. The van der Waals surface area contributed by atoms with Crippen molar-refractivity contribution in [1.82, 2.24) is 0 Å². The van der Waals surface area contributed by atoms with E-state index in [2.05, 4.69) is 6.07 Å². The number of carbonyl (C=O) groups excluding carboxylic acids is 1. The summed E-state index contributed by atoms with van der Waals surface area (Å²) in [6.45, 7) is -0.125. The Hall–Kier alpha value is -1.75. The lowest BCUT2D eigenvalue weighted by atomic mass is 9.76. The first-order valence-corrected chi connectivity index (χ1v) is 8.45. The van der Waals surface area contributed by atoms with Crippen LogP contribution in [-0.4, -0.2) is 18.6 Å². The number of hydrogen-bond acceptors (Lipinski definition) is 3.